The molecule has 2 aromatic rings. The Kier molecular flexibility index (Phi) is 7.38. The van der Waals surface area contributed by atoms with Crippen molar-refractivity contribution in [1.29, 1.82) is 0 Å². The maximum Gasteiger partial charge on any atom is 0.320 e. The van der Waals surface area contributed by atoms with Gasteiger partial charge in [-0.15, -0.1) is 0 Å². The summed E-state index contributed by atoms with van der Waals surface area (Å²) < 4.78 is 16.1. The van der Waals surface area contributed by atoms with Crippen LogP contribution in [0.1, 0.15) is 33.5 Å². The summed E-state index contributed by atoms with van der Waals surface area (Å²) in [4.78, 5) is 12.7. The summed E-state index contributed by atoms with van der Waals surface area (Å²) in [5, 5.41) is 10.6. The Morgan fingerprint density at radius 3 is 2.35 bits per heavy atom. The molecule has 2 rings (SSSR count). The molecule has 140 valence electrons. The van der Waals surface area contributed by atoms with Crippen LogP contribution in [0.4, 0.5) is 0 Å². The van der Waals surface area contributed by atoms with Crippen LogP contribution in [0.3, 0.4) is 0 Å². The van der Waals surface area contributed by atoms with E-state index in [1.54, 1.807) is 44.6 Å². The molecule has 26 heavy (non-hydrogen) atoms. The molecule has 0 radical (unpaired) electrons. The number of carbonyl (C=O) groups is 1. The number of aromatic hydroxyl groups is 1. The summed E-state index contributed by atoms with van der Waals surface area (Å²) >= 11 is 0. The summed E-state index contributed by atoms with van der Waals surface area (Å²) in [5.74, 6) is 0.0499. The average molecular weight is 375 g/mol. The average Bonchev–Trinajstić information content (AvgIpc) is 2.67. The van der Waals surface area contributed by atoms with Crippen molar-refractivity contribution in [3.8, 4) is 11.5 Å². The first-order valence-electron chi connectivity index (χ1n) is 8.58. The molecule has 2 aromatic carbocycles. The van der Waals surface area contributed by atoms with Crippen molar-refractivity contribution < 1.29 is 23.5 Å². The van der Waals surface area contributed by atoms with Crippen molar-refractivity contribution in [2.45, 2.75) is 25.8 Å². The monoisotopic (exact) mass is 374 g/mol. The van der Waals surface area contributed by atoms with E-state index in [2.05, 4.69) is 0 Å². The van der Waals surface area contributed by atoms with Gasteiger partial charge >= 0.3 is 9.28 Å². The van der Waals surface area contributed by atoms with Crippen LogP contribution in [0.5, 0.6) is 11.5 Å². The highest BCUT2D eigenvalue weighted by Crippen LogP contribution is 2.38. The van der Waals surface area contributed by atoms with E-state index in [0.29, 0.717) is 11.3 Å². The number of phenols is 1. The molecule has 0 bridgehead atoms. The molecule has 0 aliphatic carbocycles. The number of rotatable bonds is 9. The molecular weight excluding hydrogens is 348 g/mol. The highest BCUT2D eigenvalue weighted by Gasteiger charge is 2.22. The molecule has 5 nitrogen and oxygen atoms in total. The third-order valence-electron chi connectivity index (χ3n) is 4.46. The fourth-order valence-corrected chi connectivity index (χ4v) is 4.24. The lowest BCUT2D eigenvalue weighted by atomic mass is 9.94. The number of methoxy groups -OCH3 is 1. The van der Waals surface area contributed by atoms with E-state index in [1.807, 2.05) is 13.0 Å². The van der Waals surface area contributed by atoms with Gasteiger partial charge in [-0.3, -0.25) is 4.79 Å². The maximum absolute atomic E-state index is 12.7. The minimum absolute atomic E-state index is 0.103. The molecule has 0 saturated heterocycles. The Bertz CT molecular complexity index is 742. The fraction of sp³-hybridized carbons (Fsp3) is 0.350. The third kappa shape index (κ3) is 4.52. The smallest absolute Gasteiger partial charge is 0.320 e. The zero-order chi connectivity index (χ0) is 19.1. The third-order valence-corrected chi connectivity index (χ3v) is 6.39. The topological polar surface area (TPSA) is 65.0 Å². The van der Waals surface area contributed by atoms with Crippen LogP contribution >= 0.6 is 0 Å². The van der Waals surface area contributed by atoms with Gasteiger partial charge in [0.2, 0.25) is 0 Å². The summed E-state index contributed by atoms with van der Waals surface area (Å²) in [6, 6.07) is 11.5. The van der Waals surface area contributed by atoms with Gasteiger partial charge in [-0.1, -0.05) is 30.3 Å². The maximum atomic E-state index is 12.7. The summed E-state index contributed by atoms with van der Waals surface area (Å²) in [6.45, 7) is 1.93. The molecule has 0 aromatic heterocycles. The van der Waals surface area contributed by atoms with E-state index in [0.717, 1.165) is 30.0 Å². The molecular formula is C20H26O5Si. The Labute approximate surface area is 156 Å². The van der Waals surface area contributed by atoms with Crippen molar-refractivity contribution in [1.82, 2.24) is 0 Å². The van der Waals surface area contributed by atoms with Crippen LogP contribution in [0.2, 0.25) is 6.04 Å². The van der Waals surface area contributed by atoms with Gasteiger partial charge in [0.05, 0.1) is 12.7 Å². The largest absolute Gasteiger partial charge is 0.504 e. The van der Waals surface area contributed by atoms with Gasteiger partial charge in [0.15, 0.2) is 17.3 Å². The zero-order valence-electron chi connectivity index (χ0n) is 15.7. The van der Waals surface area contributed by atoms with Gasteiger partial charge in [0.25, 0.3) is 0 Å². The number of ketones is 1. The lowest BCUT2D eigenvalue weighted by Gasteiger charge is -2.17. The summed E-state index contributed by atoms with van der Waals surface area (Å²) in [6.07, 6.45) is 1.58. The van der Waals surface area contributed by atoms with E-state index >= 15 is 0 Å². The van der Waals surface area contributed by atoms with Gasteiger partial charge < -0.3 is 18.7 Å². The summed E-state index contributed by atoms with van der Waals surface area (Å²) in [5.41, 5.74) is 2.63. The SMILES string of the molecule is COc1c(O)c(C(=O)c2ccccc2)cc(C)c1CCC[SiH](OC)OC. The van der Waals surface area contributed by atoms with Crippen LogP contribution < -0.4 is 4.74 Å². The second-order valence-electron chi connectivity index (χ2n) is 6.09. The quantitative estimate of drug-likeness (QED) is 0.538. The number of aryl methyl sites for hydroxylation is 1. The number of ether oxygens (including phenoxy) is 1. The van der Waals surface area contributed by atoms with Crippen molar-refractivity contribution in [3.63, 3.8) is 0 Å². The molecule has 6 heteroatoms. The minimum Gasteiger partial charge on any atom is -0.504 e. The second-order valence-corrected chi connectivity index (χ2v) is 8.47. The number of hydrogen-bond donors (Lipinski definition) is 1. The molecule has 0 heterocycles. The number of phenolic OH excluding ortho intramolecular Hbond substituents is 1. The molecule has 0 saturated carbocycles. The van der Waals surface area contributed by atoms with Crippen LogP contribution in [0.25, 0.3) is 0 Å². The minimum atomic E-state index is -1.61. The molecule has 0 aliphatic heterocycles. The zero-order valence-corrected chi connectivity index (χ0v) is 16.9. The van der Waals surface area contributed by atoms with Crippen molar-refractivity contribution in [2.24, 2.45) is 0 Å². The Hall–Kier alpha value is -2.15. The van der Waals surface area contributed by atoms with Gasteiger partial charge in [0.1, 0.15) is 0 Å². The lowest BCUT2D eigenvalue weighted by Crippen LogP contribution is -2.18. The molecule has 0 unspecified atom stereocenters. The second kappa shape index (κ2) is 9.52. The summed E-state index contributed by atoms with van der Waals surface area (Å²) in [7, 11) is 3.24. The Morgan fingerprint density at radius 1 is 1.12 bits per heavy atom. The Morgan fingerprint density at radius 2 is 1.77 bits per heavy atom. The first-order valence-corrected chi connectivity index (χ1v) is 10.3. The molecule has 0 spiro atoms. The normalized spacial score (nSPS) is 11.0. The van der Waals surface area contributed by atoms with Gasteiger partial charge in [-0.25, -0.2) is 0 Å². The standard InChI is InChI=1S/C20H26O5Si/c1-14-13-17(18(21)15-9-6-5-7-10-15)19(22)20(23-2)16(14)11-8-12-26(24-3)25-4/h5-7,9-10,13,22,26H,8,11-12H2,1-4H3. The van der Waals surface area contributed by atoms with Crippen LogP contribution in [-0.2, 0) is 15.3 Å². The van der Waals surface area contributed by atoms with E-state index in [-0.39, 0.29) is 17.1 Å². The van der Waals surface area contributed by atoms with Gasteiger partial charge in [-0.2, -0.15) is 0 Å². The number of hydrogen-bond acceptors (Lipinski definition) is 5. The predicted octanol–water partition coefficient (Wildman–Crippen LogP) is 3.39. The van der Waals surface area contributed by atoms with Crippen molar-refractivity contribution in [3.05, 3.63) is 58.7 Å². The first kappa shape index (κ1) is 20.2. The van der Waals surface area contributed by atoms with E-state index in [9.17, 15) is 9.90 Å². The Balaban J connectivity index is 2.29. The lowest BCUT2D eigenvalue weighted by molar-refractivity contribution is 0.103. The highest BCUT2D eigenvalue weighted by atomic mass is 28.3. The van der Waals surface area contributed by atoms with Gasteiger partial charge in [-0.05, 0) is 37.4 Å². The van der Waals surface area contributed by atoms with E-state index in [4.69, 9.17) is 13.6 Å². The first-order chi connectivity index (χ1) is 12.5. The van der Waals surface area contributed by atoms with Crippen LogP contribution in [-0.4, -0.2) is 41.5 Å². The van der Waals surface area contributed by atoms with Crippen LogP contribution in [0.15, 0.2) is 36.4 Å². The van der Waals surface area contributed by atoms with E-state index in [1.165, 1.54) is 7.11 Å². The van der Waals surface area contributed by atoms with E-state index < -0.39 is 9.28 Å². The highest BCUT2D eigenvalue weighted by molar-refractivity contribution is 6.44. The fourth-order valence-electron chi connectivity index (χ4n) is 3.04. The molecule has 1 N–H and O–H groups in total. The molecule has 0 aliphatic rings. The number of benzene rings is 2. The van der Waals surface area contributed by atoms with Crippen LogP contribution in [0, 0.1) is 6.92 Å². The molecule has 0 fully saturated rings. The van der Waals surface area contributed by atoms with Crippen molar-refractivity contribution >= 4 is 15.1 Å². The van der Waals surface area contributed by atoms with Gasteiger partial charge in [0, 0.05) is 25.3 Å². The van der Waals surface area contributed by atoms with Crippen molar-refractivity contribution in [2.75, 3.05) is 21.3 Å². The predicted molar refractivity (Wildman–Crippen MR) is 104 cm³/mol. The molecule has 0 amide bonds. The number of carbonyl (C=O) groups excluding carboxylic acids is 1. The molecule has 0 atom stereocenters.